The number of amides is 3. The molecule has 0 atom stereocenters. The number of carbonyl (C=O) groups excluding carboxylic acids is 2. The van der Waals surface area contributed by atoms with Crippen molar-refractivity contribution >= 4 is 40.4 Å². The van der Waals surface area contributed by atoms with Crippen molar-refractivity contribution in [3.8, 4) is 0 Å². The van der Waals surface area contributed by atoms with Crippen molar-refractivity contribution in [1.29, 1.82) is 0 Å². The second kappa shape index (κ2) is 7.88. The molecule has 4 aromatic rings. The molecule has 0 spiro atoms. The number of carboxylic acid groups (broad SMARTS) is 1. The maximum Gasteiger partial charge on any atom is 0.335 e. The van der Waals surface area contributed by atoms with Gasteiger partial charge in [-0.2, -0.15) is 0 Å². The van der Waals surface area contributed by atoms with E-state index in [1.165, 1.54) is 41.6 Å². The lowest BCUT2D eigenvalue weighted by Crippen LogP contribution is -2.40. The van der Waals surface area contributed by atoms with Crippen LogP contribution in [0.2, 0.25) is 0 Å². The average Bonchev–Trinajstić information content (AvgIpc) is 3.23. The fraction of sp³-hybridized carbons (Fsp3) is 0. The SMILES string of the molecule is O=C(O)c1ccc(N(C(=O)NC(=O)c2ccc3ncoc3c2)c2ccccc2)cc1. The molecule has 2 N–H and O–H groups in total. The molecule has 8 heteroatoms. The molecule has 0 saturated heterocycles. The summed E-state index contributed by atoms with van der Waals surface area (Å²) in [7, 11) is 0. The Morgan fingerprint density at radius 1 is 0.867 bits per heavy atom. The van der Waals surface area contributed by atoms with Crippen LogP contribution in [0.5, 0.6) is 0 Å². The number of anilines is 2. The van der Waals surface area contributed by atoms with Crippen molar-refractivity contribution < 1.29 is 23.9 Å². The fourth-order valence-corrected chi connectivity index (χ4v) is 2.94. The molecule has 1 heterocycles. The number of para-hydroxylation sites is 1. The maximum absolute atomic E-state index is 13.0. The molecule has 0 aliphatic heterocycles. The predicted octanol–water partition coefficient (Wildman–Crippen LogP) is 4.21. The number of urea groups is 1. The molecular formula is C22H15N3O5. The van der Waals surface area contributed by atoms with Crippen LogP contribution in [0.1, 0.15) is 20.7 Å². The summed E-state index contributed by atoms with van der Waals surface area (Å²) < 4.78 is 5.20. The number of carboxylic acids is 1. The van der Waals surface area contributed by atoms with E-state index in [2.05, 4.69) is 10.3 Å². The van der Waals surface area contributed by atoms with Gasteiger partial charge in [-0.15, -0.1) is 0 Å². The molecule has 30 heavy (non-hydrogen) atoms. The lowest BCUT2D eigenvalue weighted by Gasteiger charge is -2.23. The van der Waals surface area contributed by atoms with Gasteiger partial charge in [0.05, 0.1) is 16.9 Å². The maximum atomic E-state index is 13.0. The third kappa shape index (κ3) is 3.74. The quantitative estimate of drug-likeness (QED) is 0.530. The van der Waals surface area contributed by atoms with Crippen LogP contribution in [-0.2, 0) is 0 Å². The Balaban J connectivity index is 1.63. The molecule has 0 aliphatic rings. The number of nitrogens with zero attached hydrogens (tertiary/aromatic N) is 2. The number of aromatic carboxylic acids is 1. The van der Waals surface area contributed by atoms with Crippen LogP contribution in [0.15, 0.2) is 83.6 Å². The Morgan fingerprint density at radius 2 is 1.53 bits per heavy atom. The van der Waals surface area contributed by atoms with Crippen LogP contribution < -0.4 is 10.2 Å². The van der Waals surface area contributed by atoms with Gasteiger partial charge >= 0.3 is 12.0 Å². The van der Waals surface area contributed by atoms with Crippen LogP contribution in [0.4, 0.5) is 16.2 Å². The normalized spacial score (nSPS) is 10.5. The molecule has 0 bridgehead atoms. The molecule has 3 amide bonds. The number of rotatable bonds is 4. The number of hydrogen-bond donors (Lipinski definition) is 2. The molecule has 8 nitrogen and oxygen atoms in total. The van der Waals surface area contributed by atoms with Crippen molar-refractivity contribution in [3.05, 3.63) is 90.3 Å². The van der Waals surface area contributed by atoms with Crippen molar-refractivity contribution in [2.45, 2.75) is 0 Å². The zero-order valence-electron chi connectivity index (χ0n) is 15.5. The van der Waals surface area contributed by atoms with Gasteiger partial charge in [-0.3, -0.25) is 15.0 Å². The van der Waals surface area contributed by atoms with Gasteiger partial charge in [0.15, 0.2) is 12.0 Å². The number of aromatic nitrogens is 1. The number of oxazole rings is 1. The standard InChI is InChI=1S/C22H15N3O5/c26-20(15-8-11-18-19(12-15)30-13-23-18)24-22(29)25(16-4-2-1-3-5-16)17-9-6-14(7-10-17)21(27)28/h1-13H,(H,27,28)(H,24,26,29). The molecule has 3 aromatic carbocycles. The van der Waals surface area contributed by atoms with E-state index in [-0.39, 0.29) is 11.1 Å². The summed E-state index contributed by atoms with van der Waals surface area (Å²) >= 11 is 0. The highest BCUT2D eigenvalue weighted by Crippen LogP contribution is 2.26. The molecule has 1 aromatic heterocycles. The number of imide groups is 1. The first-order valence-corrected chi connectivity index (χ1v) is 8.90. The zero-order valence-corrected chi connectivity index (χ0v) is 15.5. The van der Waals surface area contributed by atoms with Gasteiger partial charge in [0.2, 0.25) is 0 Å². The number of nitrogens with one attached hydrogen (secondary N) is 1. The minimum Gasteiger partial charge on any atom is -0.478 e. The molecule has 0 aliphatic carbocycles. The summed E-state index contributed by atoms with van der Waals surface area (Å²) in [6, 6.07) is 18.5. The summed E-state index contributed by atoms with van der Waals surface area (Å²) in [5.41, 5.74) is 2.27. The first kappa shape index (κ1) is 18.9. The predicted molar refractivity (Wildman–Crippen MR) is 109 cm³/mol. The Bertz CT molecular complexity index is 1230. The second-order valence-electron chi connectivity index (χ2n) is 6.32. The Morgan fingerprint density at radius 3 is 2.23 bits per heavy atom. The Kier molecular flexibility index (Phi) is 4.96. The highest BCUT2D eigenvalue weighted by molar-refractivity contribution is 6.12. The van der Waals surface area contributed by atoms with Gasteiger partial charge in [-0.1, -0.05) is 18.2 Å². The molecule has 0 radical (unpaired) electrons. The number of hydrogen-bond acceptors (Lipinski definition) is 5. The van der Waals surface area contributed by atoms with Crippen LogP contribution in [0.3, 0.4) is 0 Å². The van der Waals surface area contributed by atoms with E-state index in [9.17, 15) is 14.4 Å². The van der Waals surface area contributed by atoms with Gasteiger partial charge in [-0.05, 0) is 54.6 Å². The third-order valence-electron chi connectivity index (χ3n) is 4.40. The van der Waals surface area contributed by atoms with Gasteiger partial charge in [0.1, 0.15) is 5.52 Å². The first-order valence-electron chi connectivity index (χ1n) is 8.90. The summed E-state index contributed by atoms with van der Waals surface area (Å²) in [5.74, 6) is -1.68. The summed E-state index contributed by atoms with van der Waals surface area (Å²) in [6.07, 6.45) is 1.27. The van der Waals surface area contributed by atoms with Crippen LogP contribution in [0.25, 0.3) is 11.1 Å². The van der Waals surface area contributed by atoms with Crippen LogP contribution in [0, 0.1) is 0 Å². The van der Waals surface area contributed by atoms with Crippen LogP contribution >= 0.6 is 0 Å². The number of benzene rings is 3. The lowest BCUT2D eigenvalue weighted by atomic mass is 10.1. The molecule has 0 unspecified atom stereocenters. The molecule has 0 fully saturated rings. The van der Waals surface area contributed by atoms with Gasteiger partial charge in [0, 0.05) is 5.56 Å². The first-order chi connectivity index (χ1) is 14.5. The second-order valence-corrected chi connectivity index (χ2v) is 6.32. The molecule has 0 saturated carbocycles. The minimum atomic E-state index is -1.07. The van der Waals surface area contributed by atoms with Crippen molar-refractivity contribution in [2.24, 2.45) is 0 Å². The van der Waals surface area contributed by atoms with Gasteiger partial charge in [0.25, 0.3) is 5.91 Å². The van der Waals surface area contributed by atoms with Gasteiger partial charge in [-0.25, -0.2) is 14.6 Å². The average molecular weight is 401 g/mol. The summed E-state index contributed by atoms with van der Waals surface area (Å²) in [5, 5.41) is 11.5. The summed E-state index contributed by atoms with van der Waals surface area (Å²) in [6.45, 7) is 0. The third-order valence-corrected chi connectivity index (χ3v) is 4.40. The van der Waals surface area contributed by atoms with E-state index in [0.29, 0.717) is 22.5 Å². The minimum absolute atomic E-state index is 0.0867. The van der Waals surface area contributed by atoms with Crippen LogP contribution in [-0.4, -0.2) is 28.0 Å². The highest BCUT2D eigenvalue weighted by Gasteiger charge is 2.21. The van der Waals surface area contributed by atoms with Crippen molar-refractivity contribution in [3.63, 3.8) is 0 Å². The zero-order chi connectivity index (χ0) is 21.1. The van der Waals surface area contributed by atoms with E-state index in [1.807, 2.05) is 0 Å². The molecule has 148 valence electrons. The van der Waals surface area contributed by atoms with E-state index in [0.717, 1.165) is 0 Å². The Hall–Kier alpha value is -4.46. The van der Waals surface area contributed by atoms with Crippen molar-refractivity contribution in [2.75, 3.05) is 4.90 Å². The highest BCUT2D eigenvalue weighted by atomic mass is 16.4. The number of carbonyl (C=O) groups is 3. The smallest absolute Gasteiger partial charge is 0.335 e. The van der Waals surface area contributed by atoms with E-state index >= 15 is 0 Å². The van der Waals surface area contributed by atoms with E-state index in [1.54, 1.807) is 42.5 Å². The van der Waals surface area contributed by atoms with Gasteiger partial charge < -0.3 is 9.52 Å². The van der Waals surface area contributed by atoms with E-state index in [4.69, 9.17) is 9.52 Å². The topological polar surface area (TPSA) is 113 Å². The van der Waals surface area contributed by atoms with E-state index < -0.39 is 17.9 Å². The Labute approximate surface area is 170 Å². The lowest BCUT2D eigenvalue weighted by molar-refractivity contribution is 0.0696. The number of fused-ring (bicyclic) bond motifs is 1. The largest absolute Gasteiger partial charge is 0.478 e. The molecular weight excluding hydrogens is 386 g/mol. The monoisotopic (exact) mass is 401 g/mol. The summed E-state index contributed by atoms with van der Waals surface area (Å²) in [4.78, 5) is 42.0. The fourth-order valence-electron chi connectivity index (χ4n) is 2.94. The molecule has 4 rings (SSSR count). The van der Waals surface area contributed by atoms with Crippen molar-refractivity contribution in [1.82, 2.24) is 10.3 Å².